The van der Waals surface area contributed by atoms with Crippen LogP contribution in [0.4, 0.5) is 13.2 Å². The first-order valence-corrected chi connectivity index (χ1v) is 5.77. The summed E-state index contributed by atoms with van der Waals surface area (Å²) in [7, 11) is 0. The van der Waals surface area contributed by atoms with E-state index in [2.05, 4.69) is 9.73 Å². The van der Waals surface area contributed by atoms with E-state index < -0.39 is 24.1 Å². The van der Waals surface area contributed by atoms with Crippen LogP contribution < -0.4 is 0 Å². The minimum atomic E-state index is -4.50. The van der Waals surface area contributed by atoms with E-state index in [4.69, 9.17) is 4.42 Å². The van der Waals surface area contributed by atoms with Gasteiger partial charge in [-0.25, -0.2) is 4.79 Å². The number of hydrogen-bond acceptors (Lipinski definition) is 4. The van der Waals surface area contributed by atoms with Gasteiger partial charge in [0.2, 0.25) is 0 Å². The van der Waals surface area contributed by atoms with E-state index in [0.29, 0.717) is 0 Å². The third-order valence-electron chi connectivity index (χ3n) is 2.84. The SMILES string of the molecule is CCOC(=O)[C@@H]1N=C(c2ccco2)C[C@H]1C(F)(F)F. The van der Waals surface area contributed by atoms with Crippen molar-refractivity contribution in [1.82, 2.24) is 0 Å². The molecule has 0 bridgehead atoms. The minimum Gasteiger partial charge on any atom is -0.464 e. The van der Waals surface area contributed by atoms with Crippen LogP contribution in [0.25, 0.3) is 0 Å². The first-order chi connectivity index (χ1) is 8.93. The summed E-state index contributed by atoms with van der Waals surface area (Å²) < 4.78 is 48.4. The topological polar surface area (TPSA) is 51.8 Å². The van der Waals surface area contributed by atoms with Gasteiger partial charge in [0.25, 0.3) is 0 Å². The van der Waals surface area contributed by atoms with E-state index in [0.717, 1.165) is 0 Å². The zero-order valence-corrected chi connectivity index (χ0v) is 10.1. The molecule has 1 aromatic rings. The third-order valence-corrected chi connectivity index (χ3v) is 2.84. The van der Waals surface area contributed by atoms with Crippen molar-refractivity contribution in [3.05, 3.63) is 24.2 Å². The second-order valence-electron chi connectivity index (χ2n) is 4.10. The van der Waals surface area contributed by atoms with Crippen LogP contribution >= 0.6 is 0 Å². The van der Waals surface area contributed by atoms with Crippen molar-refractivity contribution in [3.8, 4) is 0 Å². The lowest BCUT2D eigenvalue weighted by Crippen LogP contribution is -2.36. The predicted octanol–water partition coefficient (Wildman–Crippen LogP) is 2.58. The van der Waals surface area contributed by atoms with Gasteiger partial charge in [-0.05, 0) is 19.1 Å². The Balaban J connectivity index is 2.26. The molecule has 19 heavy (non-hydrogen) atoms. The fraction of sp³-hybridized carbons (Fsp3) is 0.500. The van der Waals surface area contributed by atoms with E-state index >= 15 is 0 Å². The molecule has 7 heteroatoms. The normalized spacial score (nSPS) is 23.3. The Labute approximate surface area is 107 Å². The number of esters is 1. The minimum absolute atomic E-state index is 0.0194. The Hall–Kier alpha value is -1.79. The largest absolute Gasteiger partial charge is 0.464 e. The van der Waals surface area contributed by atoms with E-state index in [-0.39, 0.29) is 24.5 Å². The quantitative estimate of drug-likeness (QED) is 0.797. The van der Waals surface area contributed by atoms with Crippen molar-refractivity contribution in [2.45, 2.75) is 25.6 Å². The van der Waals surface area contributed by atoms with Crippen molar-refractivity contribution in [2.24, 2.45) is 10.9 Å². The lowest BCUT2D eigenvalue weighted by atomic mass is 9.97. The number of alkyl halides is 3. The molecule has 0 saturated carbocycles. The number of carbonyl (C=O) groups excluding carboxylic acids is 1. The van der Waals surface area contributed by atoms with Gasteiger partial charge in [0.05, 0.1) is 24.5 Å². The van der Waals surface area contributed by atoms with Crippen LogP contribution in [0, 0.1) is 5.92 Å². The zero-order chi connectivity index (χ0) is 14.0. The average Bonchev–Trinajstić information content (AvgIpc) is 2.97. The Kier molecular flexibility index (Phi) is 3.64. The molecule has 1 aliphatic rings. The molecule has 0 aromatic carbocycles. The molecule has 4 nitrogen and oxygen atoms in total. The summed E-state index contributed by atoms with van der Waals surface area (Å²) in [5.74, 6) is -2.56. The third kappa shape index (κ3) is 2.80. The molecule has 0 aliphatic carbocycles. The molecule has 0 spiro atoms. The second-order valence-corrected chi connectivity index (χ2v) is 4.10. The van der Waals surface area contributed by atoms with Crippen molar-refractivity contribution < 1.29 is 27.1 Å². The number of ether oxygens (including phenoxy) is 1. The van der Waals surface area contributed by atoms with Gasteiger partial charge in [0, 0.05) is 6.42 Å². The number of furan rings is 1. The molecule has 0 N–H and O–H groups in total. The van der Waals surface area contributed by atoms with Crippen molar-refractivity contribution in [2.75, 3.05) is 6.61 Å². The molecule has 2 heterocycles. The van der Waals surface area contributed by atoms with Crippen LogP contribution in [0.15, 0.2) is 27.8 Å². The lowest BCUT2D eigenvalue weighted by Gasteiger charge is -2.19. The van der Waals surface area contributed by atoms with Crippen LogP contribution in [-0.2, 0) is 9.53 Å². The van der Waals surface area contributed by atoms with Gasteiger partial charge in [0.1, 0.15) is 5.76 Å². The molecular weight excluding hydrogens is 263 g/mol. The molecule has 0 unspecified atom stereocenters. The summed E-state index contributed by atoms with van der Waals surface area (Å²) in [5.41, 5.74) is 0.144. The van der Waals surface area contributed by atoms with Gasteiger partial charge in [-0.3, -0.25) is 4.99 Å². The van der Waals surface area contributed by atoms with Crippen LogP contribution in [0.5, 0.6) is 0 Å². The maximum atomic E-state index is 12.9. The molecule has 0 amide bonds. The first-order valence-electron chi connectivity index (χ1n) is 5.77. The highest BCUT2D eigenvalue weighted by atomic mass is 19.4. The Morgan fingerprint density at radius 1 is 1.58 bits per heavy atom. The molecule has 0 radical (unpaired) electrons. The second kappa shape index (κ2) is 5.07. The molecule has 2 atom stereocenters. The number of nitrogens with zero attached hydrogens (tertiary/aromatic N) is 1. The fourth-order valence-electron chi connectivity index (χ4n) is 1.98. The highest BCUT2D eigenvalue weighted by Crippen LogP contribution is 2.38. The fourth-order valence-corrected chi connectivity index (χ4v) is 1.98. The van der Waals surface area contributed by atoms with E-state index in [9.17, 15) is 18.0 Å². The number of hydrogen-bond donors (Lipinski definition) is 0. The average molecular weight is 275 g/mol. The Morgan fingerprint density at radius 2 is 2.32 bits per heavy atom. The molecule has 0 saturated heterocycles. The predicted molar refractivity (Wildman–Crippen MR) is 59.8 cm³/mol. The smallest absolute Gasteiger partial charge is 0.394 e. The summed E-state index contributed by atoms with van der Waals surface area (Å²) in [6.07, 6.45) is -3.53. The Bertz CT molecular complexity index is 479. The standard InChI is InChI=1S/C12H12F3NO3/c1-2-18-11(17)10-7(12(13,14)15)6-8(16-10)9-4-3-5-19-9/h3-5,7,10H,2,6H2,1H3/t7-,10-/m1/s1. The van der Waals surface area contributed by atoms with Gasteiger partial charge in [-0.2, -0.15) is 13.2 Å². The molecule has 2 rings (SSSR count). The van der Waals surface area contributed by atoms with Gasteiger partial charge >= 0.3 is 12.1 Å². The lowest BCUT2D eigenvalue weighted by molar-refractivity contribution is -0.184. The number of carbonyl (C=O) groups is 1. The van der Waals surface area contributed by atoms with E-state index in [1.807, 2.05) is 0 Å². The molecular formula is C12H12F3NO3. The molecule has 1 aromatic heterocycles. The number of rotatable bonds is 3. The van der Waals surface area contributed by atoms with Crippen LogP contribution in [0.1, 0.15) is 19.1 Å². The first kappa shape index (κ1) is 13.6. The van der Waals surface area contributed by atoms with Crippen LogP contribution in [0.2, 0.25) is 0 Å². The van der Waals surface area contributed by atoms with Crippen molar-refractivity contribution in [1.29, 1.82) is 0 Å². The van der Waals surface area contributed by atoms with Crippen molar-refractivity contribution >= 4 is 11.7 Å². The van der Waals surface area contributed by atoms with Gasteiger partial charge in [-0.15, -0.1) is 0 Å². The summed E-state index contributed by atoms with van der Waals surface area (Å²) in [4.78, 5) is 15.4. The van der Waals surface area contributed by atoms with Crippen molar-refractivity contribution in [3.63, 3.8) is 0 Å². The molecule has 1 aliphatic heterocycles. The van der Waals surface area contributed by atoms with E-state index in [1.54, 1.807) is 6.07 Å². The summed E-state index contributed by atoms with van der Waals surface area (Å²) in [5, 5.41) is 0. The summed E-state index contributed by atoms with van der Waals surface area (Å²) >= 11 is 0. The zero-order valence-electron chi connectivity index (χ0n) is 10.1. The van der Waals surface area contributed by atoms with Crippen LogP contribution in [-0.4, -0.2) is 30.5 Å². The van der Waals surface area contributed by atoms with Crippen LogP contribution in [0.3, 0.4) is 0 Å². The summed E-state index contributed by atoms with van der Waals surface area (Å²) in [6.45, 7) is 1.55. The Morgan fingerprint density at radius 3 is 2.84 bits per heavy atom. The molecule has 104 valence electrons. The highest BCUT2D eigenvalue weighted by molar-refractivity contribution is 6.02. The van der Waals surface area contributed by atoms with Gasteiger partial charge < -0.3 is 9.15 Å². The maximum Gasteiger partial charge on any atom is 0.394 e. The summed E-state index contributed by atoms with van der Waals surface area (Å²) in [6, 6.07) is 1.53. The van der Waals surface area contributed by atoms with Gasteiger partial charge in [0.15, 0.2) is 6.04 Å². The molecule has 0 fully saturated rings. The monoisotopic (exact) mass is 275 g/mol. The maximum absolute atomic E-state index is 12.9. The van der Waals surface area contributed by atoms with Gasteiger partial charge in [-0.1, -0.05) is 0 Å². The van der Waals surface area contributed by atoms with E-state index in [1.165, 1.54) is 19.3 Å². The number of halogens is 3. The number of aliphatic imine (C=N–C) groups is 1. The highest BCUT2D eigenvalue weighted by Gasteiger charge is 2.52.